The summed E-state index contributed by atoms with van der Waals surface area (Å²) in [5.74, 6) is 0.158. The predicted octanol–water partition coefficient (Wildman–Crippen LogP) is 3.05. The number of hydrogen-bond acceptors (Lipinski definition) is 6. The maximum absolute atomic E-state index is 13.4. The molecule has 2 amide bonds. The van der Waals surface area contributed by atoms with Crippen LogP contribution >= 0.6 is 11.6 Å². The third-order valence-corrected chi connectivity index (χ3v) is 8.89. The topological polar surface area (TPSA) is 130 Å². The van der Waals surface area contributed by atoms with Crippen LogP contribution in [0.4, 0.5) is 4.79 Å². The lowest BCUT2D eigenvalue weighted by atomic mass is 9.90. The molecule has 0 bridgehead atoms. The fraction of sp³-hybridized carbons (Fsp3) is 0.500. The molecule has 6 rings (SSSR count). The predicted molar refractivity (Wildman–Crippen MR) is 147 cm³/mol. The monoisotopic (exact) mass is 569 g/mol. The lowest BCUT2D eigenvalue weighted by molar-refractivity contribution is -0.141. The minimum atomic E-state index is -1.12. The number of halogens is 1. The SMILES string of the molecule is CC1(C(=O)N2CCC(O)(Cn3cnc4c(cc(Cl)n4-c4ccc([C@H]5COCCN5C(=O)O)cc4)c3=O)CC2)CC1. The lowest BCUT2D eigenvalue weighted by Crippen LogP contribution is -2.51. The maximum atomic E-state index is 13.4. The van der Waals surface area contributed by atoms with Gasteiger partial charge in [0.2, 0.25) is 5.91 Å². The molecule has 212 valence electrons. The first-order valence-electron chi connectivity index (χ1n) is 13.5. The lowest BCUT2D eigenvalue weighted by Gasteiger charge is -2.39. The van der Waals surface area contributed by atoms with Crippen molar-refractivity contribution in [2.75, 3.05) is 32.8 Å². The summed E-state index contributed by atoms with van der Waals surface area (Å²) in [7, 11) is 0. The molecule has 12 heteroatoms. The first kappa shape index (κ1) is 26.8. The van der Waals surface area contributed by atoms with Gasteiger partial charge in [0, 0.05) is 30.7 Å². The van der Waals surface area contributed by atoms with Crippen molar-refractivity contribution in [3.05, 3.63) is 57.7 Å². The quantitative estimate of drug-likeness (QED) is 0.483. The molecule has 2 aromatic heterocycles. The van der Waals surface area contributed by atoms with E-state index in [9.17, 15) is 24.6 Å². The van der Waals surface area contributed by atoms with E-state index in [1.165, 1.54) is 15.8 Å². The standard InChI is InChI=1S/C28H32ClN5O6/c1-27(6-7-27)25(36)31-10-8-28(39,9-11-31)16-32-17-30-23-20(24(32)35)14-22(29)34(23)19-4-2-18(3-5-19)21-15-40-13-12-33(21)26(37)38/h2-5,14,17,21,39H,6-13,15-16H2,1H3,(H,37,38)/t21-/m1/s1. The Hall–Kier alpha value is -3.41. The van der Waals surface area contributed by atoms with Crippen LogP contribution in [0.3, 0.4) is 0 Å². The van der Waals surface area contributed by atoms with Crippen molar-refractivity contribution in [3.8, 4) is 5.69 Å². The van der Waals surface area contributed by atoms with Gasteiger partial charge in [0.15, 0.2) is 5.65 Å². The molecule has 0 spiro atoms. The fourth-order valence-electron chi connectivity index (χ4n) is 5.78. The molecule has 1 saturated carbocycles. The van der Waals surface area contributed by atoms with Crippen molar-refractivity contribution in [1.82, 2.24) is 23.9 Å². The molecule has 2 saturated heterocycles. The van der Waals surface area contributed by atoms with E-state index in [1.807, 2.05) is 36.1 Å². The van der Waals surface area contributed by atoms with Gasteiger partial charge in [-0.2, -0.15) is 0 Å². The van der Waals surface area contributed by atoms with Crippen molar-refractivity contribution in [1.29, 1.82) is 0 Å². The second-order valence-corrected chi connectivity index (χ2v) is 11.8. The minimum absolute atomic E-state index is 0.0785. The van der Waals surface area contributed by atoms with E-state index in [2.05, 4.69) is 4.98 Å². The molecule has 4 heterocycles. The van der Waals surface area contributed by atoms with Crippen LogP contribution in [0.1, 0.15) is 44.2 Å². The van der Waals surface area contributed by atoms with Crippen molar-refractivity contribution < 1.29 is 24.5 Å². The largest absolute Gasteiger partial charge is 0.465 e. The molecule has 40 heavy (non-hydrogen) atoms. The fourth-order valence-corrected chi connectivity index (χ4v) is 6.07. The molecule has 3 aliphatic rings. The third kappa shape index (κ3) is 4.76. The average molecular weight is 570 g/mol. The van der Waals surface area contributed by atoms with Gasteiger partial charge in [0.05, 0.1) is 36.8 Å². The number of aromatic nitrogens is 3. The minimum Gasteiger partial charge on any atom is -0.465 e. The van der Waals surface area contributed by atoms with Gasteiger partial charge < -0.3 is 19.8 Å². The summed E-state index contributed by atoms with van der Waals surface area (Å²) < 4.78 is 8.57. The van der Waals surface area contributed by atoms with Crippen LogP contribution < -0.4 is 5.56 Å². The van der Waals surface area contributed by atoms with Crippen molar-refractivity contribution in [2.24, 2.45) is 5.41 Å². The molecule has 3 fully saturated rings. The summed E-state index contributed by atoms with van der Waals surface area (Å²) in [6, 6.07) is 8.42. The number of aliphatic hydroxyl groups is 1. The van der Waals surface area contributed by atoms with Crippen LogP contribution in [-0.2, 0) is 16.1 Å². The molecular formula is C28H32ClN5O6. The zero-order chi connectivity index (χ0) is 28.2. The van der Waals surface area contributed by atoms with Gasteiger partial charge in [-0.05, 0) is 49.4 Å². The molecule has 11 nitrogen and oxygen atoms in total. The average Bonchev–Trinajstić information content (AvgIpc) is 3.61. The van der Waals surface area contributed by atoms with Gasteiger partial charge in [-0.1, -0.05) is 30.7 Å². The Morgan fingerprint density at radius 1 is 1.12 bits per heavy atom. The van der Waals surface area contributed by atoms with Crippen molar-refractivity contribution in [3.63, 3.8) is 0 Å². The van der Waals surface area contributed by atoms with Gasteiger partial charge in [-0.15, -0.1) is 0 Å². The van der Waals surface area contributed by atoms with E-state index in [0.29, 0.717) is 61.0 Å². The number of carbonyl (C=O) groups excluding carboxylic acids is 1. The highest BCUT2D eigenvalue weighted by molar-refractivity contribution is 6.31. The van der Waals surface area contributed by atoms with E-state index in [-0.39, 0.29) is 30.0 Å². The van der Waals surface area contributed by atoms with E-state index in [1.54, 1.807) is 10.6 Å². The van der Waals surface area contributed by atoms with E-state index < -0.39 is 17.7 Å². The molecule has 3 aromatic rings. The summed E-state index contributed by atoms with van der Waals surface area (Å²) in [6.45, 7) is 3.94. The van der Waals surface area contributed by atoms with E-state index in [4.69, 9.17) is 16.3 Å². The van der Waals surface area contributed by atoms with Gasteiger partial charge >= 0.3 is 6.09 Å². The summed E-state index contributed by atoms with van der Waals surface area (Å²) in [4.78, 5) is 45.5. The molecule has 1 aliphatic carbocycles. The number of benzene rings is 1. The number of carbonyl (C=O) groups is 2. The number of likely N-dealkylation sites (tertiary alicyclic amines) is 1. The first-order valence-corrected chi connectivity index (χ1v) is 13.9. The number of morpholine rings is 1. The van der Waals surface area contributed by atoms with Gasteiger partial charge in [0.1, 0.15) is 11.5 Å². The number of carboxylic acid groups (broad SMARTS) is 1. The van der Waals surface area contributed by atoms with Crippen molar-refractivity contribution in [2.45, 2.75) is 50.8 Å². The molecule has 0 radical (unpaired) electrons. The van der Waals surface area contributed by atoms with E-state index in [0.717, 1.165) is 18.4 Å². The van der Waals surface area contributed by atoms with E-state index >= 15 is 0 Å². The second kappa shape index (κ2) is 9.90. The molecular weight excluding hydrogens is 538 g/mol. The first-order chi connectivity index (χ1) is 19.1. The summed E-state index contributed by atoms with van der Waals surface area (Å²) in [6.07, 6.45) is 3.04. The Labute approximate surface area is 235 Å². The molecule has 0 unspecified atom stereocenters. The Balaban J connectivity index is 1.21. The number of hydrogen-bond donors (Lipinski definition) is 2. The number of ether oxygens (including phenoxy) is 1. The highest BCUT2D eigenvalue weighted by Gasteiger charge is 2.48. The Morgan fingerprint density at radius 2 is 1.82 bits per heavy atom. The van der Waals surface area contributed by atoms with Crippen LogP contribution in [0.2, 0.25) is 5.15 Å². The number of piperidine rings is 1. The Bertz CT molecular complexity index is 1520. The summed E-state index contributed by atoms with van der Waals surface area (Å²) in [5.41, 5.74) is 0.188. The zero-order valence-electron chi connectivity index (χ0n) is 22.3. The smallest absolute Gasteiger partial charge is 0.407 e. The zero-order valence-corrected chi connectivity index (χ0v) is 23.0. The molecule has 2 N–H and O–H groups in total. The number of fused-ring (bicyclic) bond motifs is 1. The normalized spacial score (nSPS) is 21.9. The second-order valence-electron chi connectivity index (χ2n) is 11.5. The van der Waals surface area contributed by atoms with Gasteiger partial charge in [-0.25, -0.2) is 9.78 Å². The van der Waals surface area contributed by atoms with Crippen molar-refractivity contribution >= 4 is 34.6 Å². The Kier molecular flexibility index (Phi) is 6.63. The third-order valence-electron chi connectivity index (χ3n) is 8.61. The van der Waals surface area contributed by atoms with Crippen LogP contribution in [0.25, 0.3) is 16.7 Å². The van der Waals surface area contributed by atoms with Crippen LogP contribution in [0, 0.1) is 5.41 Å². The van der Waals surface area contributed by atoms with Crippen LogP contribution in [0.5, 0.6) is 0 Å². The molecule has 1 atom stereocenters. The maximum Gasteiger partial charge on any atom is 0.407 e. The molecule has 2 aliphatic heterocycles. The molecule has 1 aromatic carbocycles. The highest BCUT2D eigenvalue weighted by Crippen LogP contribution is 2.47. The van der Waals surface area contributed by atoms with Crippen LogP contribution in [-0.4, -0.2) is 84.6 Å². The Morgan fingerprint density at radius 3 is 2.48 bits per heavy atom. The summed E-state index contributed by atoms with van der Waals surface area (Å²) in [5, 5.41) is 21.4. The van der Waals surface area contributed by atoms with Gasteiger partial charge in [-0.3, -0.25) is 23.6 Å². The van der Waals surface area contributed by atoms with Crippen LogP contribution in [0.15, 0.2) is 41.5 Å². The summed E-state index contributed by atoms with van der Waals surface area (Å²) >= 11 is 6.57. The van der Waals surface area contributed by atoms with Gasteiger partial charge in [0.25, 0.3) is 5.56 Å². The number of rotatable bonds is 5. The number of amides is 2. The highest BCUT2D eigenvalue weighted by atomic mass is 35.5. The number of nitrogens with zero attached hydrogens (tertiary/aromatic N) is 5.